The van der Waals surface area contributed by atoms with E-state index in [-0.39, 0.29) is 12.6 Å². The van der Waals surface area contributed by atoms with Crippen molar-refractivity contribution < 1.29 is 19.1 Å². The lowest BCUT2D eigenvalue weighted by Crippen LogP contribution is -2.05. The van der Waals surface area contributed by atoms with Crippen molar-refractivity contribution in [1.29, 1.82) is 0 Å². The summed E-state index contributed by atoms with van der Waals surface area (Å²) in [6, 6.07) is 13.4. The Bertz CT molecular complexity index is 692. The van der Waals surface area contributed by atoms with Crippen LogP contribution in [0.4, 0.5) is 0 Å². The zero-order valence-electron chi connectivity index (χ0n) is 12.1. The van der Waals surface area contributed by atoms with Crippen molar-refractivity contribution in [2.75, 3.05) is 0 Å². The summed E-state index contributed by atoms with van der Waals surface area (Å²) in [7, 11) is 0. The van der Waals surface area contributed by atoms with E-state index in [0.717, 1.165) is 28.5 Å². The molecule has 3 rings (SSSR count). The van der Waals surface area contributed by atoms with E-state index in [1.165, 1.54) is 0 Å². The predicted molar refractivity (Wildman–Crippen MR) is 80.3 cm³/mol. The van der Waals surface area contributed by atoms with Crippen molar-refractivity contribution in [2.24, 2.45) is 0 Å². The number of fused-ring (bicyclic) bond motifs is 1. The van der Waals surface area contributed by atoms with E-state index < -0.39 is 0 Å². The molecule has 4 nitrogen and oxygen atoms in total. The number of hydrogen-bond donors (Lipinski definition) is 0. The fourth-order valence-corrected chi connectivity index (χ4v) is 2.62. The topological polar surface area (TPSA) is 52.6 Å². The molecule has 0 saturated heterocycles. The van der Waals surface area contributed by atoms with Crippen molar-refractivity contribution in [3.63, 3.8) is 0 Å². The van der Waals surface area contributed by atoms with Crippen LogP contribution in [0.5, 0.6) is 0 Å². The zero-order chi connectivity index (χ0) is 15.4. The van der Waals surface area contributed by atoms with Crippen molar-refractivity contribution in [1.82, 2.24) is 0 Å². The van der Waals surface area contributed by atoms with Gasteiger partial charge in [-0.05, 0) is 22.8 Å². The van der Waals surface area contributed by atoms with Gasteiger partial charge < -0.3 is 14.3 Å². The smallest absolute Gasteiger partial charge is 0.338 e. The van der Waals surface area contributed by atoms with E-state index in [4.69, 9.17) is 9.47 Å². The second-order valence-electron chi connectivity index (χ2n) is 5.15. The molecule has 1 aliphatic heterocycles. The van der Waals surface area contributed by atoms with Gasteiger partial charge in [-0.1, -0.05) is 36.4 Å². The Kier molecular flexibility index (Phi) is 4.30. The van der Waals surface area contributed by atoms with Crippen molar-refractivity contribution >= 4 is 12.3 Å². The molecule has 0 amide bonds. The number of esters is 1. The third-order valence-electron chi connectivity index (χ3n) is 3.76. The minimum absolute atomic E-state index is 0.255. The molecular weight excluding hydrogens is 280 g/mol. The normalized spacial score (nSPS) is 12.8. The molecule has 1 aliphatic rings. The third kappa shape index (κ3) is 2.92. The Hall–Kier alpha value is -2.46. The number of aldehydes is 1. The van der Waals surface area contributed by atoms with Crippen molar-refractivity contribution in [3.8, 4) is 0 Å². The molecule has 0 fully saturated rings. The highest BCUT2D eigenvalue weighted by molar-refractivity contribution is 5.94. The molecule has 0 bridgehead atoms. The highest BCUT2D eigenvalue weighted by Crippen LogP contribution is 2.27. The van der Waals surface area contributed by atoms with E-state index >= 15 is 0 Å². The summed E-state index contributed by atoms with van der Waals surface area (Å²) < 4.78 is 10.8. The van der Waals surface area contributed by atoms with Crippen LogP contribution >= 0.6 is 0 Å². The monoisotopic (exact) mass is 296 g/mol. The zero-order valence-corrected chi connectivity index (χ0v) is 12.1. The Morgan fingerprint density at radius 2 is 1.91 bits per heavy atom. The van der Waals surface area contributed by atoms with Crippen LogP contribution in [0.25, 0.3) is 0 Å². The van der Waals surface area contributed by atoms with Gasteiger partial charge in [0, 0.05) is 12.0 Å². The van der Waals surface area contributed by atoms with Gasteiger partial charge in [0.1, 0.15) is 12.9 Å². The Labute approximate surface area is 128 Å². The number of cyclic esters (lactones) is 1. The van der Waals surface area contributed by atoms with Gasteiger partial charge in [0.05, 0.1) is 18.8 Å². The highest BCUT2D eigenvalue weighted by atomic mass is 16.5. The van der Waals surface area contributed by atoms with Gasteiger partial charge >= 0.3 is 5.97 Å². The minimum atomic E-state index is -0.308. The number of hydrogen-bond acceptors (Lipinski definition) is 4. The second-order valence-corrected chi connectivity index (χ2v) is 5.15. The first-order chi connectivity index (χ1) is 10.8. The SMILES string of the molecule is O=CCc1ccc2c(c1COCc1ccccc1)COC2=O. The maximum atomic E-state index is 11.6. The number of benzene rings is 2. The average Bonchev–Trinajstić information content (AvgIpc) is 2.92. The molecule has 0 spiro atoms. The lowest BCUT2D eigenvalue weighted by Gasteiger charge is -2.12. The summed E-state index contributed by atoms with van der Waals surface area (Å²) in [5, 5.41) is 0. The summed E-state index contributed by atoms with van der Waals surface area (Å²) in [5.74, 6) is -0.308. The number of carbonyl (C=O) groups is 2. The third-order valence-corrected chi connectivity index (χ3v) is 3.76. The van der Waals surface area contributed by atoms with Crippen LogP contribution in [0.15, 0.2) is 42.5 Å². The van der Waals surface area contributed by atoms with Crippen molar-refractivity contribution in [2.45, 2.75) is 26.2 Å². The van der Waals surface area contributed by atoms with Crippen LogP contribution < -0.4 is 0 Å². The molecule has 0 aliphatic carbocycles. The number of rotatable bonds is 6. The van der Waals surface area contributed by atoms with Gasteiger partial charge in [0.25, 0.3) is 0 Å². The van der Waals surface area contributed by atoms with E-state index in [0.29, 0.717) is 25.2 Å². The molecule has 1 heterocycles. The Balaban J connectivity index is 1.79. The molecule has 0 unspecified atom stereocenters. The standard InChI is InChI=1S/C18H16O4/c19-9-8-14-6-7-15-17(12-22-18(15)20)16(14)11-21-10-13-4-2-1-3-5-13/h1-7,9H,8,10-12H2. The van der Waals surface area contributed by atoms with Gasteiger partial charge in [0.15, 0.2) is 0 Å². The molecule has 0 atom stereocenters. The summed E-state index contributed by atoms with van der Waals surface area (Å²) in [6.07, 6.45) is 1.17. The first-order valence-electron chi connectivity index (χ1n) is 7.15. The summed E-state index contributed by atoms with van der Waals surface area (Å²) in [5.41, 5.74) is 4.29. The van der Waals surface area contributed by atoms with Gasteiger partial charge in [-0.25, -0.2) is 4.79 Å². The van der Waals surface area contributed by atoms with Gasteiger partial charge in [-0.2, -0.15) is 0 Å². The maximum absolute atomic E-state index is 11.6. The van der Waals surface area contributed by atoms with Gasteiger partial charge in [-0.3, -0.25) is 0 Å². The fraction of sp³-hybridized carbons (Fsp3) is 0.222. The van der Waals surface area contributed by atoms with Crippen LogP contribution in [-0.2, 0) is 40.5 Å². The number of ether oxygens (including phenoxy) is 2. The van der Waals surface area contributed by atoms with Crippen LogP contribution in [-0.4, -0.2) is 12.3 Å². The largest absolute Gasteiger partial charge is 0.457 e. The Morgan fingerprint density at radius 3 is 2.68 bits per heavy atom. The van der Waals surface area contributed by atoms with Gasteiger partial charge in [-0.15, -0.1) is 0 Å². The predicted octanol–water partition coefficient (Wildman–Crippen LogP) is 2.82. The summed E-state index contributed by atoms with van der Waals surface area (Å²) in [4.78, 5) is 22.5. The summed E-state index contributed by atoms with van der Waals surface area (Å²) in [6.45, 7) is 1.10. The molecule has 2 aromatic rings. The van der Waals surface area contributed by atoms with E-state index in [2.05, 4.69) is 0 Å². The van der Waals surface area contributed by atoms with Gasteiger partial charge in [0.2, 0.25) is 0 Å². The quantitative estimate of drug-likeness (QED) is 0.607. The van der Waals surface area contributed by atoms with Crippen LogP contribution in [0.2, 0.25) is 0 Å². The summed E-state index contributed by atoms with van der Waals surface area (Å²) >= 11 is 0. The molecule has 0 saturated carbocycles. The highest BCUT2D eigenvalue weighted by Gasteiger charge is 2.25. The van der Waals surface area contributed by atoms with Crippen LogP contribution in [0.3, 0.4) is 0 Å². The lowest BCUT2D eigenvalue weighted by molar-refractivity contribution is -0.107. The fourth-order valence-electron chi connectivity index (χ4n) is 2.62. The van der Waals surface area contributed by atoms with Crippen LogP contribution in [0.1, 0.15) is 32.6 Å². The molecular formula is C18H16O4. The van der Waals surface area contributed by atoms with Crippen LogP contribution in [0, 0.1) is 0 Å². The second kappa shape index (κ2) is 6.54. The van der Waals surface area contributed by atoms with Crippen molar-refractivity contribution in [3.05, 3.63) is 70.3 Å². The molecule has 0 N–H and O–H groups in total. The van der Waals surface area contributed by atoms with E-state index in [9.17, 15) is 9.59 Å². The Morgan fingerprint density at radius 1 is 1.09 bits per heavy atom. The first kappa shape index (κ1) is 14.5. The lowest BCUT2D eigenvalue weighted by atomic mass is 9.96. The molecule has 0 radical (unpaired) electrons. The molecule has 4 heteroatoms. The van der Waals surface area contributed by atoms with E-state index in [1.54, 1.807) is 12.1 Å². The van der Waals surface area contributed by atoms with E-state index in [1.807, 2.05) is 30.3 Å². The molecule has 2 aromatic carbocycles. The molecule has 0 aromatic heterocycles. The minimum Gasteiger partial charge on any atom is -0.457 e. The first-order valence-corrected chi connectivity index (χ1v) is 7.15. The molecule has 112 valence electrons. The average molecular weight is 296 g/mol. The molecule has 22 heavy (non-hydrogen) atoms. The maximum Gasteiger partial charge on any atom is 0.338 e. The number of carbonyl (C=O) groups excluding carboxylic acids is 2.